The quantitative estimate of drug-likeness (QED) is 0.699. The highest BCUT2D eigenvalue weighted by Crippen LogP contribution is 2.27. The van der Waals surface area contributed by atoms with Crippen LogP contribution in [-0.4, -0.2) is 5.78 Å². The van der Waals surface area contributed by atoms with Crippen molar-refractivity contribution in [3.05, 3.63) is 22.4 Å². The predicted octanol–water partition coefficient (Wildman–Crippen LogP) is 2.77. The van der Waals surface area contributed by atoms with Crippen LogP contribution in [0.25, 0.3) is 0 Å². The van der Waals surface area contributed by atoms with Crippen molar-refractivity contribution in [3.63, 3.8) is 0 Å². The molecular weight excluding hydrogens is 212 g/mol. The van der Waals surface area contributed by atoms with Gasteiger partial charge in [-0.1, -0.05) is 22.0 Å². The van der Waals surface area contributed by atoms with E-state index in [0.717, 1.165) is 4.88 Å². The van der Waals surface area contributed by atoms with Crippen LogP contribution in [-0.2, 0) is 4.79 Å². The van der Waals surface area contributed by atoms with Crippen molar-refractivity contribution in [2.45, 2.75) is 11.8 Å². The lowest BCUT2D eigenvalue weighted by Gasteiger charge is -1.99. The number of thiophene rings is 1. The maximum Gasteiger partial charge on any atom is 0.148 e. The van der Waals surface area contributed by atoms with Gasteiger partial charge < -0.3 is 0 Å². The molecule has 0 aliphatic heterocycles. The van der Waals surface area contributed by atoms with Gasteiger partial charge in [0, 0.05) is 4.88 Å². The Labute approximate surface area is 72.2 Å². The van der Waals surface area contributed by atoms with Gasteiger partial charge >= 0.3 is 0 Å². The molecule has 54 valence electrons. The van der Waals surface area contributed by atoms with Gasteiger partial charge in [0.1, 0.15) is 10.6 Å². The second kappa shape index (κ2) is 3.30. The molecule has 1 unspecified atom stereocenters. The van der Waals surface area contributed by atoms with Gasteiger partial charge in [-0.3, -0.25) is 4.79 Å². The van der Waals surface area contributed by atoms with E-state index >= 15 is 0 Å². The lowest BCUT2D eigenvalue weighted by Crippen LogP contribution is -1.97. The molecule has 1 nitrogen and oxygen atoms in total. The van der Waals surface area contributed by atoms with Crippen LogP contribution >= 0.6 is 27.3 Å². The fourth-order valence-corrected chi connectivity index (χ4v) is 1.87. The SMILES string of the molecule is CC(=O)C(Br)c1cccs1. The number of halogens is 1. The Kier molecular flexibility index (Phi) is 2.63. The summed E-state index contributed by atoms with van der Waals surface area (Å²) in [4.78, 5) is 11.8. The summed E-state index contributed by atoms with van der Waals surface area (Å²) in [5, 5.41) is 1.96. The molecule has 0 fully saturated rings. The average molecular weight is 219 g/mol. The highest BCUT2D eigenvalue weighted by atomic mass is 79.9. The summed E-state index contributed by atoms with van der Waals surface area (Å²) in [6.45, 7) is 1.58. The van der Waals surface area contributed by atoms with Crippen LogP contribution in [0.1, 0.15) is 16.6 Å². The van der Waals surface area contributed by atoms with Crippen LogP contribution in [0.5, 0.6) is 0 Å². The van der Waals surface area contributed by atoms with E-state index in [1.807, 2.05) is 17.5 Å². The molecular formula is C7H7BrOS. The highest BCUT2D eigenvalue weighted by molar-refractivity contribution is 9.09. The molecule has 1 aromatic heterocycles. The van der Waals surface area contributed by atoms with Gasteiger partial charge in [0.15, 0.2) is 0 Å². The third kappa shape index (κ3) is 1.67. The summed E-state index contributed by atoms with van der Waals surface area (Å²) in [5.74, 6) is 0.155. The minimum atomic E-state index is -0.104. The Hall–Kier alpha value is -0.150. The van der Waals surface area contributed by atoms with E-state index < -0.39 is 0 Å². The molecule has 10 heavy (non-hydrogen) atoms. The maximum absolute atomic E-state index is 10.8. The van der Waals surface area contributed by atoms with E-state index in [2.05, 4.69) is 15.9 Å². The first-order valence-corrected chi connectivity index (χ1v) is 4.69. The minimum Gasteiger partial charge on any atom is -0.298 e. The van der Waals surface area contributed by atoms with Crippen molar-refractivity contribution in [3.8, 4) is 0 Å². The number of carbonyl (C=O) groups is 1. The van der Waals surface area contributed by atoms with Crippen LogP contribution in [0.15, 0.2) is 17.5 Å². The van der Waals surface area contributed by atoms with Crippen molar-refractivity contribution in [1.29, 1.82) is 0 Å². The van der Waals surface area contributed by atoms with E-state index in [9.17, 15) is 4.79 Å². The van der Waals surface area contributed by atoms with E-state index in [-0.39, 0.29) is 10.6 Å². The Balaban J connectivity index is 2.77. The standard InChI is InChI=1S/C7H7BrOS/c1-5(9)7(8)6-3-2-4-10-6/h2-4,7H,1H3. The first-order valence-electron chi connectivity index (χ1n) is 2.89. The van der Waals surface area contributed by atoms with Crippen LogP contribution in [0.2, 0.25) is 0 Å². The number of hydrogen-bond acceptors (Lipinski definition) is 2. The van der Waals surface area contributed by atoms with Crippen molar-refractivity contribution >= 4 is 33.0 Å². The Morgan fingerprint density at radius 2 is 2.50 bits per heavy atom. The number of ketones is 1. The Morgan fingerprint density at radius 1 is 1.80 bits per heavy atom. The molecule has 0 N–H and O–H groups in total. The predicted molar refractivity (Wildman–Crippen MR) is 46.7 cm³/mol. The molecule has 0 saturated heterocycles. The molecule has 0 saturated carbocycles. The van der Waals surface area contributed by atoms with Gasteiger partial charge in [-0.2, -0.15) is 0 Å². The van der Waals surface area contributed by atoms with Gasteiger partial charge in [-0.25, -0.2) is 0 Å². The molecule has 0 aromatic carbocycles. The van der Waals surface area contributed by atoms with Gasteiger partial charge in [0.2, 0.25) is 0 Å². The van der Waals surface area contributed by atoms with E-state index in [1.54, 1.807) is 18.3 Å². The molecule has 0 aliphatic rings. The maximum atomic E-state index is 10.8. The van der Waals surface area contributed by atoms with Gasteiger partial charge in [0.25, 0.3) is 0 Å². The zero-order valence-corrected chi connectivity index (χ0v) is 7.91. The highest BCUT2D eigenvalue weighted by Gasteiger charge is 2.12. The summed E-state index contributed by atoms with van der Waals surface area (Å²) in [5.41, 5.74) is 0. The Morgan fingerprint density at radius 3 is 2.90 bits per heavy atom. The lowest BCUT2D eigenvalue weighted by atomic mass is 10.3. The van der Waals surface area contributed by atoms with Crippen LogP contribution in [0, 0.1) is 0 Å². The van der Waals surface area contributed by atoms with Crippen LogP contribution in [0.4, 0.5) is 0 Å². The second-order valence-corrected chi connectivity index (χ2v) is 3.88. The summed E-state index contributed by atoms with van der Waals surface area (Å²) in [7, 11) is 0. The second-order valence-electron chi connectivity index (χ2n) is 1.99. The third-order valence-electron chi connectivity index (χ3n) is 1.15. The van der Waals surface area contributed by atoms with Gasteiger partial charge in [-0.15, -0.1) is 11.3 Å². The first kappa shape index (κ1) is 7.95. The molecule has 0 spiro atoms. The van der Waals surface area contributed by atoms with Gasteiger partial charge in [0.05, 0.1) is 0 Å². The molecule has 3 heteroatoms. The molecule has 0 bridgehead atoms. The molecule has 0 aliphatic carbocycles. The largest absolute Gasteiger partial charge is 0.298 e. The first-order chi connectivity index (χ1) is 4.72. The zero-order valence-electron chi connectivity index (χ0n) is 5.50. The van der Waals surface area contributed by atoms with E-state index in [1.165, 1.54) is 0 Å². The normalized spacial score (nSPS) is 13.0. The van der Waals surface area contributed by atoms with Crippen molar-refractivity contribution in [1.82, 2.24) is 0 Å². The topological polar surface area (TPSA) is 17.1 Å². The lowest BCUT2D eigenvalue weighted by molar-refractivity contribution is -0.116. The van der Waals surface area contributed by atoms with Crippen molar-refractivity contribution < 1.29 is 4.79 Å². The monoisotopic (exact) mass is 218 g/mol. The molecule has 0 radical (unpaired) electrons. The number of alkyl halides is 1. The summed E-state index contributed by atoms with van der Waals surface area (Å²) >= 11 is 4.88. The van der Waals surface area contributed by atoms with Crippen LogP contribution < -0.4 is 0 Å². The van der Waals surface area contributed by atoms with E-state index in [0.29, 0.717) is 0 Å². The fourth-order valence-electron chi connectivity index (χ4n) is 0.636. The number of rotatable bonds is 2. The molecule has 1 atom stereocenters. The van der Waals surface area contributed by atoms with E-state index in [4.69, 9.17) is 0 Å². The van der Waals surface area contributed by atoms with Crippen molar-refractivity contribution in [2.75, 3.05) is 0 Å². The number of hydrogen-bond donors (Lipinski definition) is 0. The zero-order chi connectivity index (χ0) is 7.56. The minimum absolute atomic E-state index is 0.104. The molecule has 0 amide bonds. The average Bonchev–Trinajstić information content (AvgIpc) is 2.36. The number of carbonyl (C=O) groups excluding carboxylic acids is 1. The summed E-state index contributed by atoms with van der Waals surface area (Å²) < 4.78 is 0. The molecule has 1 heterocycles. The van der Waals surface area contributed by atoms with Crippen molar-refractivity contribution in [2.24, 2.45) is 0 Å². The number of Topliss-reactive ketones (excluding diaryl/α,β-unsaturated/α-hetero) is 1. The third-order valence-corrected chi connectivity index (χ3v) is 3.53. The summed E-state index contributed by atoms with van der Waals surface area (Å²) in [6.07, 6.45) is 0. The Bertz CT molecular complexity index is 218. The molecule has 1 rings (SSSR count). The van der Waals surface area contributed by atoms with Crippen LogP contribution in [0.3, 0.4) is 0 Å². The summed E-state index contributed by atoms with van der Waals surface area (Å²) in [6, 6.07) is 3.89. The van der Waals surface area contributed by atoms with Gasteiger partial charge in [-0.05, 0) is 18.4 Å². The molecule has 1 aromatic rings. The fraction of sp³-hybridized carbons (Fsp3) is 0.286. The smallest absolute Gasteiger partial charge is 0.148 e.